The van der Waals surface area contributed by atoms with Crippen LogP contribution in [0.1, 0.15) is 28.3 Å². The van der Waals surface area contributed by atoms with Gasteiger partial charge in [0.1, 0.15) is 5.82 Å². The first kappa shape index (κ1) is 14.5. The number of hydrogen-bond donors (Lipinski definition) is 1. The SMILES string of the molecule is Cc1cc(F)cc(C(N)c2cccc(C(F)(F)F)c2)c1. The van der Waals surface area contributed by atoms with Gasteiger partial charge in [0.15, 0.2) is 0 Å². The Kier molecular flexibility index (Phi) is 3.81. The Hall–Kier alpha value is -1.88. The smallest absolute Gasteiger partial charge is 0.320 e. The number of hydrogen-bond acceptors (Lipinski definition) is 1. The molecule has 0 radical (unpaired) electrons. The fourth-order valence-corrected chi connectivity index (χ4v) is 2.05. The van der Waals surface area contributed by atoms with Crippen molar-refractivity contribution in [2.24, 2.45) is 5.73 Å². The Morgan fingerprint density at radius 3 is 2.30 bits per heavy atom. The average molecular weight is 283 g/mol. The molecule has 0 saturated heterocycles. The van der Waals surface area contributed by atoms with Gasteiger partial charge in [-0.25, -0.2) is 4.39 Å². The molecule has 2 rings (SSSR count). The highest BCUT2D eigenvalue weighted by Gasteiger charge is 2.30. The van der Waals surface area contributed by atoms with Crippen LogP contribution in [0.5, 0.6) is 0 Å². The van der Waals surface area contributed by atoms with Gasteiger partial charge in [0.05, 0.1) is 11.6 Å². The zero-order valence-corrected chi connectivity index (χ0v) is 10.7. The normalized spacial score (nSPS) is 13.3. The Morgan fingerprint density at radius 2 is 1.70 bits per heavy atom. The van der Waals surface area contributed by atoms with E-state index < -0.39 is 23.6 Å². The molecule has 20 heavy (non-hydrogen) atoms. The molecule has 1 nitrogen and oxygen atoms in total. The first-order valence-corrected chi connectivity index (χ1v) is 5.97. The van der Waals surface area contributed by atoms with E-state index in [1.54, 1.807) is 13.0 Å². The van der Waals surface area contributed by atoms with Crippen molar-refractivity contribution < 1.29 is 17.6 Å². The summed E-state index contributed by atoms with van der Waals surface area (Å²) >= 11 is 0. The van der Waals surface area contributed by atoms with E-state index in [4.69, 9.17) is 5.73 Å². The van der Waals surface area contributed by atoms with E-state index in [1.807, 2.05) is 0 Å². The van der Waals surface area contributed by atoms with Crippen molar-refractivity contribution >= 4 is 0 Å². The van der Waals surface area contributed by atoms with E-state index in [0.29, 0.717) is 16.7 Å². The van der Waals surface area contributed by atoms with Crippen LogP contribution in [0.4, 0.5) is 17.6 Å². The lowest BCUT2D eigenvalue weighted by Crippen LogP contribution is -2.14. The van der Waals surface area contributed by atoms with E-state index in [1.165, 1.54) is 24.3 Å². The van der Waals surface area contributed by atoms with E-state index >= 15 is 0 Å². The molecule has 0 bridgehead atoms. The van der Waals surface area contributed by atoms with Gasteiger partial charge in [-0.1, -0.05) is 18.2 Å². The van der Waals surface area contributed by atoms with Crippen molar-refractivity contribution in [2.75, 3.05) is 0 Å². The predicted molar refractivity (Wildman–Crippen MR) is 68.6 cm³/mol. The molecule has 1 unspecified atom stereocenters. The fraction of sp³-hybridized carbons (Fsp3) is 0.200. The maximum Gasteiger partial charge on any atom is 0.416 e. The molecular formula is C15H13F4N. The number of alkyl halides is 3. The second-order valence-corrected chi connectivity index (χ2v) is 4.66. The van der Waals surface area contributed by atoms with Gasteiger partial charge in [-0.3, -0.25) is 0 Å². The molecule has 0 amide bonds. The van der Waals surface area contributed by atoms with Crippen molar-refractivity contribution in [3.8, 4) is 0 Å². The summed E-state index contributed by atoms with van der Waals surface area (Å²) in [6.07, 6.45) is -4.42. The molecule has 2 aromatic rings. The van der Waals surface area contributed by atoms with Crippen LogP contribution in [0.15, 0.2) is 42.5 Å². The largest absolute Gasteiger partial charge is 0.416 e. The Labute approximate surface area is 114 Å². The van der Waals surface area contributed by atoms with Crippen molar-refractivity contribution in [3.63, 3.8) is 0 Å². The molecule has 0 aromatic heterocycles. The van der Waals surface area contributed by atoms with Crippen LogP contribution >= 0.6 is 0 Å². The highest BCUT2D eigenvalue weighted by Crippen LogP contribution is 2.31. The third-order valence-electron chi connectivity index (χ3n) is 3.00. The van der Waals surface area contributed by atoms with Crippen LogP contribution in [0.25, 0.3) is 0 Å². The van der Waals surface area contributed by atoms with Crippen LogP contribution in [0.3, 0.4) is 0 Å². The van der Waals surface area contributed by atoms with Crippen molar-refractivity contribution in [1.82, 2.24) is 0 Å². The van der Waals surface area contributed by atoms with Gasteiger partial charge in [0.25, 0.3) is 0 Å². The van der Waals surface area contributed by atoms with Gasteiger partial charge in [0.2, 0.25) is 0 Å². The lowest BCUT2D eigenvalue weighted by molar-refractivity contribution is -0.137. The van der Waals surface area contributed by atoms with E-state index in [2.05, 4.69) is 0 Å². The highest BCUT2D eigenvalue weighted by molar-refractivity contribution is 5.36. The second kappa shape index (κ2) is 5.25. The Morgan fingerprint density at radius 1 is 1.00 bits per heavy atom. The van der Waals surface area contributed by atoms with Crippen LogP contribution in [-0.2, 0) is 6.18 Å². The molecule has 0 aliphatic carbocycles. The van der Waals surface area contributed by atoms with Crippen LogP contribution in [0, 0.1) is 12.7 Å². The highest BCUT2D eigenvalue weighted by atomic mass is 19.4. The predicted octanol–water partition coefficient (Wildman–Crippen LogP) is 4.20. The molecule has 0 fully saturated rings. The summed E-state index contributed by atoms with van der Waals surface area (Å²) in [6.45, 7) is 1.70. The zero-order valence-electron chi connectivity index (χ0n) is 10.7. The Bertz CT molecular complexity index is 599. The lowest BCUT2D eigenvalue weighted by atomic mass is 9.96. The number of nitrogens with two attached hydrogens (primary N) is 1. The molecule has 1 atom stereocenters. The molecule has 0 heterocycles. The van der Waals surface area contributed by atoms with Crippen molar-refractivity contribution in [1.29, 1.82) is 0 Å². The second-order valence-electron chi connectivity index (χ2n) is 4.66. The van der Waals surface area contributed by atoms with Gasteiger partial charge in [0, 0.05) is 0 Å². The minimum absolute atomic E-state index is 0.296. The monoisotopic (exact) mass is 283 g/mol. The first-order chi connectivity index (χ1) is 9.27. The van der Waals surface area contributed by atoms with E-state index in [-0.39, 0.29) is 0 Å². The third kappa shape index (κ3) is 3.17. The first-order valence-electron chi connectivity index (χ1n) is 5.97. The number of halogens is 4. The molecule has 5 heteroatoms. The van der Waals surface area contributed by atoms with Gasteiger partial charge >= 0.3 is 6.18 Å². The van der Waals surface area contributed by atoms with Gasteiger partial charge in [-0.05, 0) is 47.9 Å². The summed E-state index contributed by atoms with van der Waals surface area (Å²) < 4.78 is 51.3. The van der Waals surface area contributed by atoms with Crippen LogP contribution < -0.4 is 5.73 Å². The molecular weight excluding hydrogens is 270 g/mol. The topological polar surface area (TPSA) is 26.0 Å². The van der Waals surface area contributed by atoms with E-state index in [9.17, 15) is 17.6 Å². The molecule has 2 N–H and O–H groups in total. The summed E-state index contributed by atoms with van der Waals surface area (Å²) in [5, 5.41) is 0. The van der Waals surface area contributed by atoms with E-state index in [0.717, 1.165) is 12.1 Å². The molecule has 106 valence electrons. The lowest BCUT2D eigenvalue weighted by Gasteiger charge is -2.15. The number of rotatable bonds is 2. The third-order valence-corrected chi connectivity index (χ3v) is 3.00. The van der Waals surface area contributed by atoms with Gasteiger partial charge in [-0.2, -0.15) is 13.2 Å². The summed E-state index contributed by atoms with van der Waals surface area (Å²) in [5.74, 6) is -0.456. The molecule has 0 aliphatic heterocycles. The molecule has 0 spiro atoms. The average Bonchev–Trinajstić information content (AvgIpc) is 2.36. The van der Waals surface area contributed by atoms with Gasteiger partial charge in [-0.15, -0.1) is 0 Å². The summed E-state index contributed by atoms with van der Waals surface area (Å²) in [7, 11) is 0. The zero-order chi connectivity index (χ0) is 14.9. The van der Waals surface area contributed by atoms with Crippen molar-refractivity contribution in [3.05, 3.63) is 70.5 Å². The molecule has 0 saturated carbocycles. The number of benzene rings is 2. The maximum atomic E-state index is 13.3. The standard InChI is InChI=1S/C15H13F4N/c1-9-5-11(8-13(16)6-9)14(20)10-3-2-4-12(7-10)15(17,18)19/h2-8,14H,20H2,1H3. The minimum Gasteiger partial charge on any atom is -0.320 e. The number of aryl methyl sites for hydroxylation is 1. The summed E-state index contributed by atoms with van der Waals surface area (Å²) in [5.41, 5.74) is 6.58. The van der Waals surface area contributed by atoms with Crippen LogP contribution in [-0.4, -0.2) is 0 Å². The van der Waals surface area contributed by atoms with Gasteiger partial charge < -0.3 is 5.73 Å². The quantitative estimate of drug-likeness (QED) is 0.821. The molecule has 2 aromatic carbocycles. The maximum absolute atomic E-state index is 13.3. The van der Waals surface area contributed by atoms with Crippen LogP contribution in [0.2, 0.25) is 0 Å². The summed E-state index contributed by atoms with van der Waals surface area (Å²) in [4.78, 5) is 0. The fourth-order valence-electron chi connectivity index (χ4n) is 2.05. The summed E-state index contributed by atoms with van der Waals surface area (Å²) in [6, 6.07) is 8.20. The van der Waals surface area contributed by atoms with Crippen molar-refractivity contribution in [2.45, 2.75) is 19.1 Å². The molecule has 0 aliphatic rings. The Balaban J connectivity index is 2.40. The minimum atomic E-state index is -4.42.